The number of ketones is 1. The fraction of sp³-hybridized carbons (Fsp3) is 0.500. The highest BCUT2D eigenvalue weighted by atomic mass is 35.5. The van der Waals surface area contributed by atoms with Crippen LogP contribution in [-0.4, -0.2) is 18.9 Å². The average Bonchev–Trinajstić information content (AvgIpc) is 2.75. The molecule has 1 aliphatic carbocycles. The monoisotopic (exact) mass is 272 g/mol. The van der Waals surface area contributed by atoms with Gasteiger partial charge in [-0.25, -0.2) is 0 Å². The van der Waals surface area contributed by atoms with Crippen LogP contribution in [0.4, 0.5) is 0 Å². The zero-order valence-corrected chi connectivity index (χ0v) is 11.0. The van der Waals surface area contributed by atoms with E-state index in [0.29, 0.717) is 12.8 Å². The van der Waals surface area contributed by atoms with E-state index in [9.17, 15) is 9.59 Å². The van der Waals surface area contributed by atoms with Gasteiger partial charge in [-0.15, -0.1) is 11.3 Å². The fourth-order valence-corrected chi connectivity index (χ4v) is 3.39. The Morgan fingerprint density at radius 1 is 1.47 bits per heavy atom. The van der Waals surface area contributed by atoms with Gasteiger partial charge < -0.3 is 4.74 Å². The van der Waals surface area contributed by atoms with Gasteiger partial charge in [-0.05, 0) is 25.0 Å². The molecule has 1 heterocycles. The van der Waals surface area contributed by atoms with Gasteiger partial charge in [0.1, 0.15) is 11.7 Å². The van der Waals surface area contributed by atoms with Crippen molar-refractivity contribution in [3.63, 3.8) is 0 Å². The van der Waals surface area contributed by atoms with Crippen LogP contribution >= 0.6 is 22.9 Å². The van der Waals surface area contributed by atoms with E-state index in [1.807, 2.05) is 12.1 Å². The number of hydrogen-bond acceptors (Lipinski definition) is 4. The molecule has 92 valence electrons. The zero-order chi connectivity index (χ0) is 12.4. The van der Waals surface area contributed by atoms with E-state index >= 15 is 0 Å². The molecule has 0 aliphatic heterocycles. The standard InChI is InChI=1S/C12H13ClO3S/c1-16-12(15)8-3-2-7(6-9(8)14)10-4-5-11(13)17-10/h4-5,7-8H,2-3,6H2,1H3. The Bertz CT molecular complexity index is 441. The molecule has 1 aromatic rings. The van der Waals surface area contributed by atoms with Crippen molar-refractivity contribution < 1.29 is 14.3 Å². The molecule has 3 nitrogen and oxygen atoms in total. The third-order valence-electron chi connectivity index (χ3n) is 3.12. The lowest BCUT2D eigenvalue weighted by Gasteiger charge is -2.24. The molecule has 1 fully saturated rings. The van der Waals surface area contributed by atoms with Crippen molar-refractivity contribution >= 4 is 34.7 Å². The van der Waals surface area contributed by atoms with Crippen LogP contribution < -0.4 is 0 Å². The maximum atomic E-state index is 11.9. The number of esters is 1. The third kappa shape index (κ3) is 2.69. The highest BCUT2D eigenvalue weighted by molar-refractivity contribution is 7.16. The summed E-state index contributed by atoms with van der Waals surface area (Å²) in [4.78, 5) is 24.4. The minimum absolute atomic E-state index is 0.0161. The van der Waals surface area contributed by atoms with Gasteiger partial charge in [0.15, 0.2) is 0 Å². The SMILES string of the molecule is COC(=O)C1CCC(c2ccc(Cl)s2)CC1=O. The smallest absolute Gasteiger partial charge is 0.316 e. The molecule has 2 unspecified atom stereocenters. The summed E-state index contributed by atoms with van der Waals surface area (Å²) >= 11 is 7.39. The summed E-state index contributed by atoms with van der Waals surface area (Å²) in [7, 11) is 1.32. The number of halogens is 1. The molecule has 0 spiro atoms. The number of methoxy groups -OCH3 is 1. The van der Waals surface area contributed by atoms with Gasteiger partial charge in [0.2, 0.25) is 0 Å². The molecular formula is C12H13ClO3S. The van der Waals surface area contributed by atoms with Gasteiger partial charge in [0, 0.05) is 17.2 Å². The fourth-order valence-electron chi connectivity index (χ4n) is 2.20. The summed E-state index contributed by atoms with van der Waals surface area (Å²) in [5, 5.41) is 0. The topological polar surface area (TPSA) is 43.4 Å². The summed E-state index contributed by atoms with van der Waals surface area (Å²) in [6.07, 6.45) is 1.82. The van der Waals surface area contributed by atoms with Crippen molar-refractivity contribution in [3.05, 3.63) is 21.3 Å². The lowest BCUT2D eigenvalue weighted by Crippen LogP contribution is -2.30. The number of Topliss-reactive ketones (excluding diaryl/α,β-unsaturated/α-hetero) is 1. The second-order valence-corrected chi connectivity index (χ2v) is 5.91. The molecule has 1 saturated carbocycles. The van der Waals surface area contributed by atoms with Crippen LogP contribution in [0.3, 0.4) is 0 Å². The summed E-state index contributed by atoms with van der Waals surface area (Å²) < 4.78 is 5.37. The van der Waals surface area contributed by atoms with Crippen LogP contribution in [0.1, 0.15) is 30.1 Å². The van der Waals surface area contributed by atoms with Crippen molar-refractivity contribution in [3.8, 4) is 0 Å². The molecule has 1 aliphatic rings. The maximum absolute atomic E-state index is 11.9. The van der Waals surface area contributed by atoms with Crippen molar-refractivity contribution in [1.82, 2.24) is 0 Å². The summed E-state index contributed by atoms with van der Waals surface area (Å²) in [5.41, 5.74) is 0. The van der Waals surface area contributed by atoms with Gasteiger partial charge in [-0.2, -0.15) is 0 Å². The van der Waals surface area contributed by atoms with E-state index in [2.05, 4.69) is 4.74 Å². The molecule has 0 bridgehead atoms. The first-order chi connectivity index (χ1) is 8.11. The van der Waals surface area contributed by atoms with E-state index in [0.717, 1.165) is 15.6 Å². The molecule has 0 N–H and O–H groups in total. The first-order valence-electron chi connectivity index (χ1n) is 5.47. The second kappa shape index (κ2) is 5.19. The lowest BCUT2D eigenvalue weighted by molar-refractivity contribution is -0.150. The van der Waals surface area contributed by atoms with E-state index in [1.165, 1.54) is 18.4 Å². The Kier molecular flexibility index (Phi) is 3.84. The highest BCUT2D eigenvalue weighted by Crippen LogP contribution is 2.38. The third-order valence-corrected chi connectivity index (χ3v) is 4.52. The van der Waals surface area contributed by atoms with Gasteiger partial charge in [-0.3, -0.25) is 9.59 Å². The molecule has 1 aromatic heterocycles. The molecule has 5 heteroatoms. The van der Waals surface area contributed by atoms with Crippen molar-refractivity contribution in [2.45, 2.75) is 25.2 Å². The van der Waals surface area contributed by atoms with Gasteiger partial charge in [-0.1, -0.05) is 11.6 Å². The van der Waals surface area contributed by atoms with Gasteiger partial charge >= 0.3 is 5.97 Å². The minimum atomic E-state index is -0.563. The number of thiophene rings is 1. The van der Waals surface area contributed by atoms with Crippen LogP contribution in [0, 0.1) is 5.92 Å². The predicted molar refractivity (Wildman–Crippen MR) is 66.4 cm³/mol. The molecule has 0 saturated heterocycles. The number of carbonyl (C=O) groups is 2. The average molecular weight is 273 g/mol. The first kappa shape index (κ1) is 12.6. The zero-order valence-electron chi connectivity index (χ0n) is 9.44. The van der Waals surface area contributed by atoms with E-state index in [1.54, 1.807) is 0 Å². The van der Waals surface area contributed by atoms with Crippen LogP contribution in [0.2, 0.25) is 4.34 Å². The molecule has 0 aromatic carbocycles. The Morgan fingerprint density at radius 2 is 2.24 bits per heavy atom. The number of rotatable bonds is 2. The highest BCUT2D eigenvalue weighted by Gasteiger charge is 2.35. The van der Waals surface area contributed by atoms with Crippen LogP contribution in [0.25, 0.3) is 0 Å². The molecule has 2 atom stereocenters. The number of ether oxygens (including phenoxy) is 1. The van der Waals surface area contributed by atoms with Crippen molar-refractivity contribution in [2.75, 3.05) is 7.11 Å². The van der Waals surface area contributed by atoms with Crippen LogP contribution in [0.15, 0.2) is 12.1 Å². The van der Waals surface area contributed by atoms with E-state index < -0.39 is 11.9 Å². The molecule has 17 heavy (non-hydrogen) atoms. The largest absolute Gasteiger partial charge is 0.468 e. The Balaban J connectivity index is 2.05. The Labute approximate surface area is 109 Å². The Hall–Kier alpha value is -0.870. The molecular weight excluding hydrogens is 260 g/mol. The van der Waals surface area contributed by atoms with Gasteiger partial charge in [0.05, 0.1) is 11.4 Å². The summed E-state index contributed by atoms with van der Waals surface area (Å²) in [6, 6.07) is 3.81. The minimum Gasteiger partial charge on any atom is -0.468 e. The molecule has 2 rings (SSSR count). The summed E-state index contributed by atoms with van der Waals surface area (Å²) in [5.74, 6) is -0.775. The lowest BCUT2D eigenvalue weighted by atomic mass is 9.80. The number of carbonyl (C=O) groups excluding carboxylic acids is 2. The number of hydrogen-bond donors (Lipinski definition) is 0. The Morgan fingerprint density at radius 3 is 2.76 bits per heavy atom. The van der Waals surface area contributed by atoms with Crippen LogP contribution in [-0.2, 0) is 14.3 Å². The van der Waals surface area contributed by atoms with E-state index in [-0.39, 0.29) is 11.7 Å². The van der Waals surface area contributed by atoms with Gasteiger partial charge in [0.25, 0.3) is 0 Å². The van der Waals surface area contributed by atoms with Crippen molar-refractivity contribution in [2.24, 2.45) is 5.92 Å². The summed E-state index contributed by atoms with van der Waals surface area (Å²) in [6.45, 7) is 0. The second-order valence-electron chi connectivity index (χ2n) is 4.16. The molecule has 0 amide bonds. The normalized spacial score (nSPS) is 24.7. The van der Waals surface area contributed by atoms with E-state index in [4.69, 9.17) is 11.6 Å². The van der Waals surface area contributed by atoms with Crippen LogP contribution in [0.5, 0.6) is 0 Å². The van der Waals surface area contributed by atoms with Crippen molar-refractivity contribution in [1.29, 1.82) is 0 Å². The quantitative estimate of drug-likeness (QED) is 0.614. The predicted octanol–water partition coefficient (Wildman–Crippen LogP) is 3.03. The maximum Gasteiger partial charge on any atom is 0.316 e. The first-order valence-corrected chi connectivity index (χ1v) is 6.67. The molecule has 0 radical (unpaired) electrons.